The number of fused-ring (bicyclic) bond motifs is 14. The summed E-state index contributed by atoms with van der Waals surface area (Å²) in [6, 6.07) is 164. The second-order valence-electron chi connectivity index (χ2n) is 29.3. The van der Waals surface area contributed by atoms with Crippen molar-refractivity contribution in [2.75, 3.05) is 26.2 Å². The van der Waals surface area contributed by atoms with Crippen LogP contribution in [0.3, 0.4) is 0 Å². The summed E-state index contributed by atoms with van der Waals surface area (Å²) in [4.78, 5) is 2.31. The molecule has 1 aliphatic heterocycles. The van der Waals surface area contributed by atoms with Crippen LogP contribution in [-0.2, 0) is 5.41 Å². The highest BCUT2D eigenvalue weighted by Crippen LogP contribution is 2.62. The van der Waals surface area contributed by atoms with Gasteiger partial charge in [0.25, 0.3) is 0 Å². The summed E-state index contributed by atoms with van der Waals surface area (Å²) in [6.07, 6.45) is 0. The average Bonchev–Trinajstić information content (AvgIpc) is 1.55. The smallest absolute Gasteiger partial charge is 0.134 e. The summed E-state index contributed by atoms with van der Waals surface area (Å²) >= 11 is 1.84. The summed E-state index contributed by atoms with van der Waals surface area (Å²) in [7, 11) is 0. The number of ether oxygens (including phenoxy) is 1. The standard InChI is InChI=1S/C37H25NO.C30H22N2S.C28H21N.C16H13N/c1-2-10-25(11-3-1)26-18-20-27(21-19-26)38-28-22-23-34-36(24-28)39-35-17-9-8-16-33(35)37(34)31-14-6-4-12-29(31)30-13-5-7-15-32(30)37;1-4-10-22(11-5-1)31-23-16-18-27-28-21-26(17-19-29(28)33-30(27)20-23)32(24-12-6-2-7-13-24)25-14-8-3-9-15-25;1-3-11-21(12-4-1)23-16-9-18-26-25(23)17-10-20-28(26)29-27-19-8-7-15-24(27)22-13-5-2-6-14-22;1-2-9-14(10-3-1)17-16-12-6-8-13-7-4-5-11-15(13)16/h1-24,38H;1-21,31H;1-20,29H;1-12,17H. The fourth-order valence-corrected chi connectivity index (χ4v) is 17.8. The monoisotopic (exact) mass is 1530 g/mol. The van der Waals surface area contributed by atoms with Crippen molar-refractivity contribution in [3.05, 3.63) is 489 Å². The molecule has 0 saturated heterocycles. The van der Waals surface area contributed by atoms with E-state index in [2.05, 4.69) is 451 Å². The van der Waals surface area contributed by atoms with Crippen LogP contribution in [0.2, 0.25) is 0 Å². The highest BCUT2D eigenvalue weighted by atomic mass is 32.1. The lowest BCUT2D eigenvalue weighted by Gasteiger charge is -2.39. The third kappa shape index (κ3) is 15.0. The summed E-state index contributed by atoms with van der Waals surface area (Å²) < 4.78 is 9.19. The maximum absolute atomic E-state index is 6.61. The molecule has 2 aliphatic rings. The Labute approximate surface area is 692 Å². The molecule has 562 valence electrons. The maximum atomic E-state index is 6.61. The molecule has 0 unspecified atom stereocenters. The number of nitrogens with one attached hydrogen (secondary N) is 4. The molecule has 1 spiro atoms. The van der Waals surface area contributed by atoms with Crippen LogP contribution in [0.5, 0.6) is 11.5 Å². The van der Waals surface area contributed by atoms with Crippen molar-refractivity contribution in [2.45, 2.75) is 5.41 Å². The molecular weight excluding hydrogens is 1450 g/mol. The van der Waals surface area contributed by atoms with Gasteiger partial charge in [-0.2, -0.15) is 0 Å². The van der Waals surface area contributed by atoms with E-state index in [1.807, 2.05) is 53.8 Å². The highest BCUT2D eigenvalue weighted by molar-refractivity contribution is 7.25. The van der Waals surface area contributed by atoms with Gasteiger partial charge >= 0.3 is 0 Å². The number of hydrogen-bond acceptors (Lipinski definition) is 7. The van der Waals surface area contributed by atoms with E-state index in [4.69, 9.17) is 4.74 Å². The fourth-order valence-electron chi connectivity index (χ4n) is 16.7. The first-order valence-corrected chi connectivity index (χ1v) is 40.8. The second kappa shape index (κ2) is 33.4. The normalized spacial score (nSPS) is 11.7. The first kappa shape index (κ1) is 72.9. The lowest BCUT2D eigenvalue weighted by molar-refractivity contribution is 0.436. The molecule has 1 aromatic heterocycles. The summed E-state index contributed by atoms with van der Waals surface area (Å²) in [5.74, 6) is 1.78. The first-order valence-electron chi connectivity index (χ1n) is 40.0. The molecule has 7 heteroatoms. The Kier molecular flexibility index (Phi) is 20.7. The van der Waals surface area contributed by atoms with Crippen molar-refractivity contribution in [1.82, 2.24) is 0 Å². The molecule has 4 N–H and O–H groups in total. The number of hydrogen-bond donors (Lipinski definition) is 4. The molecule has 0 bridgehead atoms. The minimum atomic E-state index is -0.423. The van der Waals surface area contributed by atoms with Gasteiger partial charge in [-0.3, -0.25) is 0 Å². The van der Waals surface area contributed by atoms with Crippen LogP contribution < -0.4 is 30.9 Å². The molecule has 6 nitrogen and oxygen atoms in total. The van der Waals surface area contributed by atoms with Crippen LogP contribution in [0.15, 0.2) is 467 Å². The van der Waals surface area contributed by atoms with Gasteiger partial charge in [-0.25, -0.2) is 0 Å². The lowest BCUT2D eigenvalue weighted by Crippen LogP contribution is -2.32. The van der Waals surface area contributed by atoms with E-state index < -0.39 is 5.41 Å². The van der Waals surface area contributed by atoms with E-state index in [0.717, 1.165) is 74.1 Å². The molecule has 1 aliphatic carbocycles. The summed E-state index contributed by atoms with van der Waals surface area (Å²) in [5.41, 5.74) is 26.6. The van der Waals surface area contributed by atoms with Crippen LogP contribution in [0.4, 0.5) is 62.6 Å². The Balaban J connectivity index is 0.000000108. The van der Waals surface area contributed by atoms with Crippen LogP contribution in [0.1, 0.15) is 22.3 Å². The van der Waals surface area contributed by atoms with E-state index in [-0.39, 0.29) is 0 Å². The van der Waals surface area contributed by atoms with Gasteiger partial charge in [0.05, 0.1) is 5.41 Å². The SMILES string of the molecule is c1ccc(-c2ccc(Nc3ccc4c(c3)Oc3ccccc3C43c4ccccc4-c4ccccc43)cc2)cc1.c1ccc(-c2ccccc2Nc2cccc3c(-c4ccccc4)cccc23)cc1.c1ccc(Nc2ccc3c(c2)sc2ccc(N(c4ccccc4)c4ccccc4)cc23)cc1.c1ccc(Nc2cccc3ccccc23)cc1. The zero-order valence-electron chi connectivity index (χ0n) is 64.7. The number of anilines is 11. The molecular formula is C111H81N5OS. The van der Waals surface area contributed by atoms with Gasteiger partial charge in [0.2, 0.25) is 0 Å². The predicted molar refractivity (Wildman–Crippen MR) is 501 cm³/mol. The minimum Gasteiger partial charge on any atom is -0.457 e. The van der Waals surface area contributed by atoms with Crippen LogP contribution in [-0.4, -0.2) is 0 Å². The van der Waals surface area contributed by atoms with E-state index in [0.29, 0.717) is 0 Å². The van der Waals surface area contributed by atoms with Gasteiger partial charge in [-0.05, 0) is 182 Å². The highest BCUT2D eigenvalue weighted by Gasteiger charge is 2.51. The third-order valence-electron chi connectivity index (χ3n) is 22.1. The molecule has 20 aromatic rings. The molecule has 0 atom stereocenters. The van der Waals surface area contributed by atoms with E-state index in [9.17, 15) is 0 Å². The van der Waals surface area contributed by atoms with Crippen molar-refractivity contribution in [2.24, 2.45) is 0 Å². The number of thiophene rings is 1. The number of rotatable bonds is 14. The summed E-state index contributed by atoms with van der Waals surface area (Å²) in [6.45, 7) is 0. The molecule has 19 aromatic carbocycles. The van der Waals surface area contributed by atoms with Gasteiger partial charge in [0.15, 0.2) is 0 Å². The van der Waals surface area contributed by atoms with Gasteiger partial charge in [0.1, 0.15) is 11.5 Å². The van der Waals surface area contributed by atoms with E-state index in [1.54, 1.807) is 0 Å². The van der Waals surface area contributed by atoms with Crippen molar-refractivity contribution in [3.8, 4) is 56.0 Å². The van der Waals surface area contributed by atoms with Crippen molar-refractivity contribution >= 4 is 116 Å². The molecule has 2 heterocycles. The van der Waals surface area contributed by atoms with Gasteiger partial charge < -0.3 is 30.9 Å². The van der Waals surface area contributed by atoms with Gasteiger partial charge in [-0.15, -0.1) is 11.3 Å². The maximum Gasteiger partial charge on any atom is 0.134 e. The average molecular weight is 1530 g/mol. The Morgan fingerprint density at radius 1 is 0.212 bits per heavy atom. The largest absolute Gasteiger partial charge is 0.457 e. The first-order chi connectivity index (χ1) is 58.5. The molecule has 0 radical (unpaired) electrons. The Bertz CT molecular complexity index is 6800. The second-order valence-corrected chi connectivity index (χ2v) is 30.4. The third-order valence-corrected chi connectivity index (χ3v) is 23.2. The predicted octanol–water partition coefficient (Wildman–Crippen LogP) is 31.3. The molecule has 118 heavy (non-hydrogen) atoms. The van der Waals surface area contributed by atoms with Crippen LogP contribution in [0, 0.1) is 0 Å². The van der Waals surface area contributed by atoms with Crippen LogP contribution >= 0.6 is 11.3 Å². The summed E-state index contributed by atoms with van der Waals surface area (Å²) in [5, 5.41) is 21.8. The van der Waals surface area contributed by atoms with Gasteiger partial charge in [0, 0.05) is 116 Å². The molecule has 22 rings (SSSR count). The molecule has 0 amide bonds. The zero-order valence-corrected chi connectivity index (χ0v) is 65.5. The van der Waals surface area contributed by atoms with E-state index >= 15 is 0 Å². The number of benzene rings is 19. The zero-order chi connectivity index (χ0) is 78.8. The van der Waals surface area contributed by atoms with Crippen molar-refractivity contribution in [3.63, 3.8) is 0 Å². The molecule has 0 fully saturated rings. The molecule has 0 saturated carbocycles. The van der Waals surface area contributed by atoms with Gasteiger partial charge in [-0.1, -0.05) is 340 Å². The van der Waals surface area contributed by atoms with Crippen molar-refractivity contribution in [1.29, 1.82) is 0 Å². The minimum absolute atomic E-state index is 0.423. The Morgan fingerprint density at radius 2 is 0.644 bits per heavy atom. The fraction of sp³-hybridized carbons (Fsp3) is 0.00901. The topological polar surface area (TPSA) is 60.6 Å². The Morgan fingerprint density at radius 3 is 1.31 bits per heavy atom. The lowest BCUT2D eigenvalue weighted by atomic mass is 9.66. The number of nitrogens with zero attached hydrogens (tertiary/aromatic N) is 1. The quantitative estimate of drug-likeness (QED) is 0.0870. The Hall–Kier alpha value is -15.3. The van der Waals surface area contributed by atoms with Crippen LogP contribution in [0.25, 0.3) is 86.2 Å². The van der Waals surface area contributed by atoms with Crippen molar-refractivity contribution < 1.29 is 4.74 Å². The number of para-hydroxylation sites is 6. The van der Waals surface area contributed by atoms with E-state index in [1.165, 1.54) is 108 Å².